The number of amides is 2. The number of rotatable bonds is 10. The first kappa shape index (κ1) is 27.3. The first-order valence-corrected chi connectivity index (χ1v) is 12.6. The summed E-state index contributed by atoms with van der Waals surface area (Å²) in [5.74, 6) is -0.795. The fourth-order valence-electron chi connectivity index (χ4n) is 3.77. The van der Waals surface area contributed by atoms with Gasteiger partial charge in [0.2, 0.25) is 5.91 Å². The Morgan fingerprint density at radius 3 is 2.56 bits per heavy atom. The van der Waals surface area contributed by atoms with Gasteiger partial charge in [0.1, 0.15) is 11.6 Å². The van der Waals surface area contributed by atoms with Crippen LogP contribution in [-0.2, 0) is 11.3 Å². The van der Waals surface area contributed by atoms with E-state index in [1.807, 2.05) is 0 Å². The fourth-order valence-corrected chi connectivity index (χ4v) is 4.53. The van der Waals surface area contributed by atoms with Gasteiger partial charge in [-0.15, -0.1) is 10.2 Å². The number of nitrogens with one attached hydrogen (secondary N) is 2. The minimum Gasteiger partial charge on any atom is -0.495 e. The van der Waals surface area contributed by atoms with E-state index in [0.717, 1.165) is 11.8 Å². The summed E-state index contributed by atoms with van der Waals surface area (Å²) in [6.07, 6.45) is 0. The van der Waals surface area contributed by atoms with Crippen LogP contribution in [0.5, 0.6) is 5.75 Å². The summed E-state index contributed by atoms with van der Waals surface area (Å²) < 4.78 is 21.0. The monoisotopic (exact) mass is 550 g/mol. The molecule has 0 saturated carbocycles. The Kier molecular flexibility index (Phi) is 8.51. The first-order valence-electron chi connectivity index (χ1n) is 11.6. The Bertz CT molecular complexity index is 1540. The van der Waals surface area contributed by atoms with E-state index in [0.29, 0.717) is 22.4 Å². The number of anilines is 1. The van der Waals surface area contributed by atoms with Gasteiger partial charge in [0.15, 0.2) is 11.0 Å². The highest BCUT2D eigenvalue weighted by Gasteiger charge is 2.21. The van der Waals surface area contributed by atoms with Gasteiger partial charge >= 0.3 is 0 Å². The zero-order valence-corrected chi connectivity index (χ0v) is 21.7. The summed E-state index contributed by atoms with van der Waals surface area (Å²) in [5.41, 5.74) is 0.870. The average Bonchev–Trinajstić information content (AvgIpc) is 3.34. The molecule has 0 aliphatic carbocycles. The van der Waals surface area contributed by atoms with Gasteiger partial charge in [-0.05, 0) is 37.3 Å². The molecule has 4 rings (SSSR count). The lowest BCUT2D eigenvalue weighted by Gasteiger charge is -2.14. The molecule has 0 unspecified atom stereocenters. The summed E-state index contributed by atoms with van der Waals surface area (Å²) in [6, 6.07) is 17.2. The summed E-state index contributed by atoms with van der Waals surface area (Å²) in [5, 5.41) is 25.2. The maximum atomic E-state index is 13.9. The molecule has 0 spiro atoms. The van der Waals surface area contributed by atoms with Crippen LogP contribution in [0.2, 0.25) is 0 Å². The van der Waals surface area contributed by atoms with Crippen molar-refractivity contribution in [2.24, 2.45) is 0 Å². The van der Waals surface area contributed by atoms with Crippen molar-refractivity contribution in [2.45, 2.75) is 18.6 Å². The molecule has 200 valence electrons. The smallest absolute Gasteiger partial charge is 0.273 e. The Morgan fingerprint density at radius 1 is 1.08 bits per heavy atom. The highest BCUT2D eigenvalue weighted by Crippen LogP contribution is 2.29. The second-order valence-corrected chi connectivity index (χ2v) is 9.05. The predicted octanol–water partition coefficient (Wildman–Crippen LogP) is 4.29. The zero-order chi connectivity index (χ0) is 27.9. The number of aromatic nitrogens is 3. The standard InChI is InChI=1S/C26H23FN6O5S/c1-16-17(8-7-12-20(16)33(36)37)25(35)28-14-23-30-31-26(32(23)21-11-5-6-13-22(21)38-2)39-15-24(34)29-19-10-4-3-9-18(19)27/h3-13H,14-15H2,1-2H3,(H,28,35)(H,29,34). The zero-order valence-electron chi connectivity index (χ0n) is 20.9. The molecule has 0 aliphatic heterocycles. The van der Waals surface area contributed by atoms with Gasteiger partial charge < -0.3 is 15.4 Å². The third-order valence-electron chi connectivity index (χ3n) is 5.66. The topological polar surface area (TPSA) is 141 Å². The highest BCUT2D eigenvalue weighted by atomic mass is 32.2. The molecule has 0 radical (unpaired) electrons. The van der Waals surface area contributed by atoms with Crippen molar-refractivity contribution in [1.29, 1.82) is 0 Å². The summed E-state index contributed by atoms with van der Waals surface area (Å²) in [4.78, 5) is 36.1. The van der Waals surface area contributed by atoms with Crippen molar-refractivity contribution in [3.63, 3.8) is 0 Å². The number of nitro benzene ring substituents is 1. The molecule has 1 aromatic heterocycles. The van der Waals surface area contributed by atoms with Gasteiger partial charge in [0.25, 0.3) is 11.6 Å². The average molecular weight is 551 g/mol. The van der Waals surface area contributed by atoms with Crippen molar-refractivity contribution < 1.29 is 23.6 Å². The number of ether oxygens (including phenoxy) is 1. The van der Waals surface area contributed by atoms with Crippen LogP contribution in [0.3, 0.4) is 0 Å². The van der Waals surface area contributed by atoms with Crippen LogP contribution in [0, 0.1) is 22.9 Å². The van der Waals surface area contributed by atoms with Crippen LogP contribution in [0.25, 0.3) is 5.69 Å². The lowest BCUT2D eigenvalue weighted by molar-refractivity contribution is -0.385. The Balaban J connectivity index is 1.57. The normalized spacial score (nSPS) is 10.6. The van der Waals surface area contributed by atoms with E-state index in [2.05, 4.69) is 20.8 Å². The van der Waals surface area contributed by atoms with Gasteiger partial charge in [-0.25, -0.2) is 4.39 Å². The van der Waals surface area contributed by atoms with E-state index in [-0.39, 0.29) is 34.8 Å². The Morgan fingerprint density at radius 2 is 1.82 bits per heavy atom. The molecular formula is C26H23FN6O5S. The van der Waals surface area contributed by atoms with Crippen molar-refractivity contribution >= 4 is 35.0 Å². The molecule has 0 fully saturated rings. The van der Waals surface area contributed by atoms with Crippen molar-refractivity contribution in [1.82, 2.24) is 20.1 Å². The third-order valence-corrected chi connectivity index (χ3v) is 6.59. The van der Waals surface area contributed by atoms with Crippen molar-refractivity contribution in [3.05, 3.63) is 99.6 Å². The Hall–Kier alpha value is -4.78. The van der Waals surface area contributed by atoms with E-state index in [1.165, 1.54) is 50.4 Å². The van der Waals surface area contributed by atoms with E-state index in [4.69, 9.17) is 4.74 Å². The second kappa shape index (κ2) is 12.2. The SMILES string of the molecule is COc1ccccc1-n1c(CNC(=O)c2cccc([N+](=O)[O-])c2C)nnc1SCC(=O)Nc1ccccc1F. The molecule has 0 atom stereocenters. The molecule has 0 saturated heterocycles. The number of nitrogens with zero attached hydrogens (tertiary/aromatic N) is 4. The number of para-hydroxylation sites is 3. The molecule has 4 aromatic rings. The van der Waals surface area contributed by atoms with Crippen molar-refractivity contribution in [2.75, 3.05) is 18.2 Å². The minimum atomic E-state index is -0.551. The van der Waals surface area contributed by atoms with Crippen LogP contribution in [-0.4, -0.2) is 44.4 Å². The summed E-state index contributed by atoms with van der Waals surface area (Å²) in [7, 11) is 1.50. The largest absolute Gasteiger partial charge is 0.495 e. The maximum Gasteiger partial charge on any atom is 0.273 e. The van der Waals surface area contributed by atoms with Gasteiger partial charge in [0.05, 0.1) is 35.7 Å². The number of carbonyl (C=O) groups excluding carboxylic acids is 2. The van der Waals surface area contributed by atoms with Crippen LogP contribution < -0.4 is 15.4 Å². The van der Waals surface area contributed by atoms with E-state index < -0.39 is 22.6 Å². The summed E-state index contributed by atoms with van der Waals surface area (Å²) in [6.45, 7) is 1.43. The lowest BCUT2D eigenvalue weighted by Crippen LogP contribution is -2.25. The molecule has 0 aliphatic rings. The Labute approximate surface area is 226 Å². The number of benzene rings is 3. The second-order valence-electron chi connectivity index (χ2n) is 8.11. The molecule has 1 heterocycles. The van der Waals surface area contributed by atoms with E-state index >= 15 is 0 Å². The molecule has 2 amide bonds. The molecule has 2 N–H and O–H groups in total. The van der Waals surface area contributed by atoms with Gasteiger partial charge in [-0.2, -0.15) is 0 Å². The highest BCUT2D eigenvalue weighted by molar-refractivity contribution is 7.99. The summed E-state index contributed by atoms with van der Waals surface area (Å²) >= 11 is 1.06. The molecule has 13 heteroatoms. The number of hydrogen-bond acceptors (Lipinski definition) is 8. The molecule has 0 bridgehead atoms. The molecule has 11 nitrogen and oxygen atoms in total. The number of methoxy groups -OCH3 is 1. The van der Waals surface area contributed by atoms with Crippen LogP contribution in [0.1, 0.15) is 21.7 Å². The van der Waals surface area contributed by atoms with E-state index in [9.17, 15) is 24.1 Å². The number of hydrogen-bond donors (Lipinski definition) is 2. The first-order chi connectivity index (χ1) is 18.8. The number of thioether (sulfide) groups is 1. The van der Waals surface area contributed by atoms with Crippen LogP contribution >= 0.6 is 11.8 Å². The van der Waals surface area contributed by atoms with E-state index in [1.54, 1.807) is 34.9 Å². The molecular weight excluding hydrogens is 527 g/mol. The minimum absolute atomic E-state index is 0.0640. The maximum absolute atomic E-state index is 13.9. The molecule has 3 aromatic carbocycles. The number of nitro groups is 1. The van der Waals surface area contributed by atoms with Crippen LogP contribution in [0.15, 0.2) is 71.9 Å². The van der Waals surface area contributed by atoms with Crippen molar-refractivity contribution in [3.8, 4) is 11.4 Å². The fraction of sp³-hybridized carbons (Fsp3) is 0.154. The van der Waals surface area contributed by atoms with Gasteiger partial charge in [-0.3, -0.25) is 24.3 Å². The lowest BCUT2D eigenvalue weighted by atomic mass is 10.1. The predicted molar refractivity (Wildman–Crippen MR) is 143 cm³/mol. The molecule has 39 heavy (non-hydrogen) atoms. The van der Waals surface area contributed by atoms with Gasteiger partial charge in [-0.1, -0.05) is 42.1 Å². The third kappa shape index (κ3) is 6.21. The van der Waals surface area contributed by atoms with Crippen LogP contribution in [0.4, 0.5) is 15.8 Å². The van der Waals surface area contributed by atoms with Gasteiger partial charge in [0, 0.05) is 17.2 Å². The quantitative estimate of drug-likeness (QED) is 0.169. The number of halogens is 1. The number of carbonyl (C=O) groups is 2.